The van der Waals surface area contributed by atoms with Crippen molar-refractivity contribution in [1.82, 2.24) is 9.80 Å². The van der Waals surface area contributed by atoms with Crippen molar-refractivity contribution in [3.8, 4) is 0 Å². The zero-order chi connectivity index (χ0) is 17.8. The quantitative estimate of drug-likeness (QED) is 0.695. The molecule has 1 aromatic carbocycles. The molecule has 136 valence electrons. The lowest BCUT2D eigenvalue weighted by Gasteiger charge is -2.42. The van der Waals surface area contributed by atoms with Crippen LogP contribution in [0.1, 0.15) is 44.1 Å². The van der Waals surface area contributed by atoms with Crippen molar-refractivity contribution in [1.29, 1.82) is 0 Å². The minimum absolute atomic E-state index is 0.0576. The fourth-order valence-corrected chi connectivity index (χ4v) is 4.41. The predicted octanol–water partition coefficient (Wildman–Crippen LogP) is 4.87. The van der Waals surface area contributed by atoms with Crippen molar-refractivity contribution in [3.05, 3.63) is 39.9 Å². The van der Waals surface area contributed by atoms with E-state index in [0.29, 0.717) is 22.1 Å². The second-order valence-corrected chi connectivity index (χ2v) is 7.93. The van der Waals surface area contributed by atoms with Crippen LogP contribution < -0.4 is 0 Å². The van der Waals surface area contributed by atoms with Crippen LogP contribution in [-0.4, -0.2) is 47.9 Å². The molecule has 2 atom stereocenters. The maximum Gasteiger partial charge on any atom is 0.246 e. The van der Waals surface area contributed by atoms with Gasteiger partial charge in [0.05, 0.1) is 10.0 Å². The normalized spacial score (nSPS) is 24.8. The van der Waals surface area contributed by atoms with Gasteiger partial charge < -0.3 is 4.90 Å². The first-order chi connectivity index (χ1) is 12.1. The van der Waals surface area contributed by atoms with Crippen molar-refractivity contribution in [2.45, 2.75) is 50.6 Å². The Hall–Kier alpha value is -1.03. The monoisotopic (exact) mass is 380 g/mol. The van der Waals surface area contributed by atoms with Crippen molar-refractivity contribution >= 4 is 35.2 Å². The molecule has 2 aliphatic rings. The highest BCUT2D eigenvalue weighted by molar-refractivity contribution is 6.42. The number of likely N-dealkylation sites (N-methyl/N-ethyl adjacent to an activating group) is 1. The summed E-state index contributed by atoms with van der Waals surface area (Å²) in [7, 11) is 1.95. The second kappa shape index (κ2) is 8.57. The summed E-state index contributed by atoms with van der Waals surface area (Å²) < 4.78 is 0. The fourth-order valence-electron chi connectivity index (χ4n) is 4.11. The Kier molecular flexibility index (Phi) is 6.43. The molecule has 1 amide bonds. The van der Waals surface area contributed by atoms with Gasteiger partial charge in [0.2, 0.25) is 5.91 Å². The molecule has 2 fully saturated rings. The van der Waals surface area contributed by atoms with Gasteiger partial charge in [0.1, 0.15) is 0 Å². The van der Waals surface area contributed by atoms with Crippen LogP contribution in [0.25, 0.3) is 6.08 Å². The van der Waals surface area contributed by atoms with E-state index in [2.05, 4.69) is 4.90 Å². The van der Waals surface area contributed by atoms with Crippen molar-refractivity contribution in [3.63, 3.8) is 0 Å². The third-order valence-corrected chi connectivity index (χ3v) is 6.25. The van der Waals surface area contributed by atoms with Gasteiger partial charge in [-0.15, -0.1) is 0 Å². The zero-order valence-corrected chi connectivity index (χ0v) is 16.3. The molecule has 1 heterocycles. The Balaban J connectivity index is 1.67. The fraction of sp³-hybridized carbons (Fsp3) is 0.550. The standard InChI is InChI=1S/C20H26Cl2N2O/c1-23(18-6-2-3-7-19(18)24-12-4-5-13-24)20(25)11-9-15-8-10-16(21)17(22)14-15/h8-11,14,18-19H,2-7,12-13H2,1H3/t18-,19-/m0/s1. The highest BCUT2D eigenvalue weighted by atomic mass is 35.5. The van der Waals surface area contributed by atoms with Crippen LogP contribution in [0.4, 0.5) is 0 Å². The van der Waals surface area contributed by atoms with E-state index in [-0.39, 0.29) is 5.91 Å². The van der Waals surface area contributed by atoms with E-state index in [1.807, 2.05) is 24.1 Å². The molecule has 1 saturated carbocycles. The van der Waals surface area contributed by atoms with Gasteiger partial charge in [0.15, 0.2) is 0 Å². The van der Waals surface area contributed by atoms with Crippen LogP contribution in [0, 0.1) is 0 Å². The maximum absolute atomic E-state index is 12.7. The highest BCUT2D eigenvalue weighted by Crippen LogP contribution is 2.29. The Morgan fingerprint density at radius 1 is 1.12 bits per heavy atom. The Morgan fingerprint density at radius 2 is 1.84 bits per heavy atom. The topological polar surface area (TPSA) is 23.6 Å². The molecule has 0 N–H and O–H groups in total. The summed E-state index contributed by atoms with van der Waals surface area (Å²) in [5.74, 6) is 0.0576. The first-order valence-corrected chi connectivity index (χ1v) is 9.96. The number of halogens is 2. The van der Waals surface area contributed by atoms with E-state index in [0.717, 1.165) is 12.0 Å². The molecule has 3 rings (SSSR count). The zero-order valence-electron chi connectivity index (χ0n) is 14.8. The molecule has 0 unspecified atom stereocenters. The lowest BCUT2D eigenvalue weighted by molar-refractivity contribution is -0.128. The Labute approximate surface area is 160 Å². The van der Waals surface area contributed by atoms with Crippen LogP contribution in [0.15, 0.2) is 24.3 Å². The molecular weight excluding hydrogens is 355 g/mol. The van der Waals surface area contributed by atoms with Crippen LogP contribution in [0.3, 0.4) is 0 Å². The molecule has 1 saturated heterocycles. The van der Waals surface area contributed by atoms with Crippen LogP contribution >= 0.6 is 23.2 Å². The molecule has 0 bridgehead atoms. The minimum atomic E-state index is 0.0576. The molecule has 5 heteroatoms. The SMILES string of the molecule is CN(C(=O)C=Cc1ccc(Cl)c(Cl)c1)[C@H]1CCCC[C@@H]1N1CCCC1. The van der Waals surface area contributed by atoms with Gasteiger partial charge >= 0.3 is 0 Å². The van der Waals surface area contributed by atoms with Crippen LogP contribution in [0.5, 0.6) is 0 Å². The summed E-state index contributed by atoms with van der Waals surface area (Å²) in [6, 6.07) is 6.23. The summed E-state index contributed by atoms with van der Waals surface area (Å²) >= 11 is 12.0. The lowest BCUT2D eigenvalue weighted by Crippen LogP contribution is -2.52. The van der Waals surface area contributed by atoms with Gasteiger partial charge in [-0.05, 0) is 62.5 Å². The number of hydrogen-bond donors (Lipinski definition) is 0. The number of carbonyl (C=O) groups is 1. The van der Waals surface area contributed by atoms with E-state index >= 15 is 0 Å². The average molecular weight is 381 g/mol. The number of carbonyl (C=O) groups excluding carboxylic acids is 1. The molecule has 0 radical (unpaired) electrons. The Morgan fingerprint density at radius 3 is 2.56 bits per heavy atom. The Bertz CT molecular complexity index is 641. The number of hydrogen-bond acceptors (Lipinski definition) is 2. The highest BCUT2D eigenvalue weighted by Gasteiger charge is 2.34. The molecule has 0 spiro atoms. The smallest absolute Gasteiger partial charge is 0.246 e. The molecular formula is C20H26Cl2N2O. The molecule has 1 aromatic rings. The largest absolute Gasteiger partial charge is 0.338 e. The van der Waals surface area contributed by atoms with E-state index in [4.69, 9.17) is 23.2 Å². The molecule has 25 heavy (non-hydrogen) atoms. The first-order valence-electron chi connectivity index (χ1n) is 9.20. The second-order valence-electron chi connectivity index (χ2n) is 7.12. The predicted molar refractivity (Wildman–Crippen MR) is 105 cm³/mol. The molecule has 1 aliphatic heterocycles. The van der Waals surface area contributed by atoms with Crippen LogP contribution in [-0.2, 0) is 4.79 Å². The third kappa shape index (κ3) is 4.58. The maximum atomic E-state index is 12.7. The van der Waals surface area contributed by atoms with Crippen molar-refractivity contribution < 1.29 is 4.79 Å². The molecule has 3 nitrogen and oxygen atoms in total. The van der Waals surface area contributed by atoms with Gasteiger partial charge in [-0.1, -0.05) is 42.1 Å². The summed E-state index contributed by atoms with van der Waals surface area (Å²) in [5, 5.41) is 1.03. The van der Waals surface area contributed by atoms with Gasteiger partial charge in [0.25, 0.3) is 0 Å². The van der Waals surface area contributed by atoms with Crippen molar-refractivity contribution in [2.75, 3.05) is 20.1 Å². The van der Waals surface area contributed by atoms with Gasteiger partial charge in [-0.25, -0.2) is 0 Å². The van der Waals surface area contributed by atoms with E-state index in [1.54, 1.807) is 18.2 Å². The number of rotatable bonds is 4. The van der Waals surface area contributed by atoms with Crippen LogP contribution in [0.2, 0.25) is 10.0 Å². The lowest BCUT2D eigenvalue weighted by atomic mass is 9.88. The third-order valence-electron chi connectivity index (χ3n) is 5.51. The van der Waals surface area contributed by atoms with E-state index in [1.165, 1.54) is 45.2 Å². The number of benzene rings is 1. The van der Waals surface area contributed by atoms with Gasteiger partial charge in [0, 0.05) is 25.2 Å². The van der Waals surface area contributed by atoms with Gasteiger partial charge in [-0.3, -0.25) is 9.69 Å². The summed E-state index contributed by atoms with van der Waals surface area (Å²) in [4.78, 5) is 17.2. The summed E-state index contributed by atoms with van der Waals surface area (Å²) in [5.41, 5.74) is 0.885. The minimum Gasteiger partial charge on any atom is -0.338 e. The van der Waals surface area contributed by atoms with E-state index < -0.39 is 0 Å². The average Bonchev–Trinajstić information content (AvgIpc) is 3.16. The first kappa shape index (κ1) is 18.8. The molecule has 1 aliphatic carbocycles. The summed E-state index contributed by atoms with van der Waals surface area (Å²) in [6.45, 7) is 2.37. The van der Waals surface area contributed by atoms with Crippen molar-refractivity contribution in [2.24, 2.45) is 0 Å². The van der Waals surface area contributed by atoms with E-state index in [9.17, 15) is 4.79 Å². The number of amides is 1. The van der Waals surface area contributed by atoms with Gasteiger partial charge in [-0.2, -0.15) is 0 Å². The number of nitrogens with zero attached hydrogens (tertiary/aromatic N) is 2. The number of likely N-dealkylation sites (tertiary alicyclic amines) is 1. The summed E-state index contributed by atoms with van der Waals surface area (Å²) in [6.07, 6.45) is 10.8. The molecule has 0 aromatic heterocycles.